The molecule has 170 valence electrons. The highest BCUT2D eigenvalue weighted by atomic mass is 16.5. The fourth-order valence-corrected chi connectivity index (χ4v) is 3.59. The van der Waals surface area contributed by atoms with Gasteiger partial charge in [-0.15, -0.1) is 0 Å². The molecule has 4 rings (SSSR count). The van der Waals surface area contributed by atoms with E-state index in [9.17, 15) is 15.3 Å². The highest BCUT2D eigenvalue weighted by Crippen LogP contribution is 2.46. The number of hydrogen-bond acceptors (Lipinski definition) is 8. The van der Waals surface area contributed by atoms with E-state index in [0.29, 0.717) is 47.0 Å². The van der Waals surface area contributed by atoms with Gasteiger partial charge in [0.2, 0.25) is 0 Å². The third-order valence-corrected chi connectivity index (χ3v) is 5.74. The summed E-state index contributed by atoms with van der Waals surface area (Å²) in [5, 5.41) is 24.9. The first-order valence-corrected chi connectivity index (χ1v) is 10.8. The number of nitrogens with zero attached hydrogens (tertiary/aromatic N) is 5. The molecule has 2 N–H and O–H groups in total. The Morgan fingerprint density at radius 1 is 1.18 bits per heavy atom. The number of nitrogens with one attached hydrogen (secondary N) is 2. The second-order valence-electron chi connectivity index (χ2n) is 8.09. The van der Waals surface area contributed by atoms with Gasteiger partial charge in [0.15, 0.2) is 0 Å². The summed E-state index contributed by atoms with van der Waals surface area (Å²) in [6, 6.07) is 11.3. The Balaban J connectivity index is 1.56. The number of methoxy groups -OCH3 is 1. The van der Waals surface area contributed by atoms with E-state index in [1.165, 1.54) is 0 Å². The Labute approximate surface area is 197 Å². The van der Waals surface area contributed by atoms with Crippen molar-refractivity contribution < 1.29 is 9.53 Å². The molecule has 3 aromatic rings. The molecule has 9 heteroatoms. The number of anilines is 2. The molecule has 0 atom stereocenters. The molecule has 3 aromatic heterocycles. The first kappa shape index (κ1) is 22.8. The number of ether oxygens (including phenoxy) is 1. The molecule has 9 nitrogen and oxygen atoms in total. The predicted octanol–water partition coefficient (Wildman–Crippen LogP) is 3.58. The van der Waals surface area contributed by atoms with E-state index in [1.54, 1.807) is 50.0 Å². The summed E-state index contributed by atoms with van der Waals surface area (Å²) in [5.74, 6) is 0.167. The molecule has 0 spiro atoms. The minimum absolute atomic E-state index is 0.317. The Morgan fingerprint density at radius 2 is 2.00 bits per heavy atom. The van der Waals surface area contributed by atoms with E-state index in [-0.39, 0.29) is 5.91 Å². The lowest BCUT2D eigenvalue weighted by molar-refractivity contribution is 0.102. The minimum atomic E-state index is -0.565. The minimum Gasteiger partial charge on any atom is -0.383 e. The fraction of sp³-hybridized carbons (Fsp3) is 0.280. The van der Waals surface area contributed by atoms with Crippen molar-refractivity contribution in [2.45, 2.75) is 25.2 Å². The lowest BCUT2D eigenvalue weighted by Gasteiger charge is -2.12. The van der Waals surface area contributed by atoms with Crippen LogP contribution in [0.5, 0.6) is 0 Å². The summed E-state index contributed by atoms with van der Waals surface area (Å²) < 4.78 is 5.02. The van der Waals surface area contributed by atoms with Crippen molar-refractivity contribution in [1.29, 1.82) is 10.5 Å². The number of aryl methyl sites for hydroxylation is 1. The monoisotopic (exact) mass is 453 g/mol. The smallest absolute Gasteiger partial charge is 0.255 e. The van der Waals surface area contributed by atoms with Crippen molar-refractivity contribution in [2.24, 2.45) is 0 Å². The topological polar surface area (TPSA) is 137 Å². The zero-order valence-corrected chi connectivity index (χ0v) is 18.9. The second-order valence-corrected chi connectivity index (χ2v) is 8.09. The van der Waals surface area contributed by atoms with Crippen molar-refractivity contribution in [3.05, 3.63) is 65.4 Å². The molecule has 3 heterocycles. The molecule has 1 saturated carbocycles. The van der Waals surface area contributed by atoms with Crippen LogP contribution < -0.4 is 10.6 Å². The average molecular weight is 454 g/mol. The van der Waals surface area contributed by atoms with Crippen molar-refractivity contribution >= 4 is 17.4 Å². The maximum absolute atomic E-state index is 12.9. The predicted molar refractivity (Wildman–Crippen MR) is 126 cm³/mol. The molecule has 1 aliphatic carbocycles. The van der Waals surface area contributed by atoms with Crippen LogP contribution in [0.25, 0.3) is 11.1 Å². The Morgan fingerprint density at radius 3 is 2.71 bits per heavy atom. The van der Waals surface area contributed by atoms with E-state index >= 15 is 0 Å². The van der Waals surface area contributed by atoms with Crippen LogP contribution in [-0.2, 0) is 10.2 Å². The fourth-order valence-electron chi connectivity index (χ4n) is 3.59. The quantitative estimate of drug-likeness (QED) is 0.494. The number of rotatable bonds is 8. The van der Waals surface area contributed by atoms with Gasteiger partial charge in [0.1, 0.15) is 11.9 Å². The number of carbonyl (C=O) groups is 1. The van der Waals surface area contributed by atoms with Crippen LogP contribution in [0, 0.1) is 29.6 Å². The van der Waals surface area contributed by atoms with Gasteiger partial charge < -0.3 is 15.4 Å². The van der Waals surface area contributed by atoms with Gasteiger partial charge in [-0.2, -0.15) is 10.5 Å². The van der Waals surface area contributed by atoms with Crippen LogP contribution >= 0.6 is 0 Å². The highest BCUT2D eigenvalue weighted by molar-refractivity contribution is 6.04. The first-order chi connectivity index (χ1) is 16.5. The number of hydrogen-bond donors (Lipinski definition) is 2. The number of carbonyl (C=O) groups excluding carboxylic acids is 1. The van der Waals surface area contributed by atoms with Crippen LogP contribution in [0.1, 0.15) is 40.2 Å². The van der Waals surface area contributed by atoms with Gasteiger partial charge in [0, 0.05) is 48.4 Å². The van der Waals surface area contributed by atoms with Gasteiger partial charge in [0.25, 0.3) is 5.91 Å². The van der Waals surface area contributed by atoms with E-state index in [4.69, 9.17) is 4.74 Å². The molecular weight excluding hydrogens is 430 g/mol. The number of nitriles is 2. The number of pyridine rings is 3. The maximum Gasteiger partial charge on any atom is 0.255 e. The summed E-state index contributed by atoms with van der Waals surface area (Å²) in [6.45, 7) is 2.88. The largest absolute Gasteiger partial charge is 0.383 e. The van der Waals surface area contributed by atoms with Crippen LogP contribution in [-0.4, -0.2) is 41.1 Å². The van der Waals surface area contributed by atoms with Crippen LogP contribution in [0.3, 0.4) is 0 Å². The van der Waals surface area contributed by atoms with E-state index in [1.807, 2.05) is 6.92 Å². The van der Waals surface area contributed by atoms with E-state index < -0.39 is 5.41 Å². The maximum atomic E-state index is 12.9. The SMILES string of the molecule is COCCNc1ncc(-c2cc(NC(=O)c3ccnc(C4(C#N)CC4)c3)cnc2C)cc1C#N. The summed E-state index contributed by atoms with van der Waals surface area (Å²) in [5.41, 5.74) is 3.59. The molecule has 0 aromatic carbocycles. The highest BCUT2D eigenvalue weighted by Gasteiger charge is 2.46. The van der Waals surface area contributed by atoms with Crippen molar-refractivity contribution in [3.63, 3.8) is 0 Å². The molecule has 0 unspecified atom stereocenters. The molecule has 0 saturated heterocycles. The molecular formula is C25H23N7O2. The summed E-state index contributed by atoms with van der Waals surface area (Å²) in [7, 11) is 1.61. The lowest BCUT2D eigenvalue weighted by atomic mass is 10.0. The van der Waals surface area contributed by atoms with Gasteiger partial charge in [0.05, 0.1) is 41.2 Å². The third-order valence-electron chi connectivity index (χ3n) is 5.74. The zero-order chi connectivity index (χ0) is 24.1. The number of aromatic nitrogens is 3. The molecule has 0 bridgehead atoms. The molecule has 1 aliphatic rings. The Bertz CT molecular complexity index is 1320. The summed E-state index contributed by atoms with van der Waals surface area (Å²) >= 11 is 0. The standard InChI is InChI=1S/C25H23N7O2/c1-16-21(19-9-18(12-26)23(31-13-19)29-7-8-34-2)11-20(14-30-16)32-24(33)17-3-6-28-22(10-17)25(15-27)4-5-25/h3,6,9-11,13-14H,4-5,7-8H2,1-2H3,(H,29,31)(H,32,33). The van der Waals surface area contributed by atoms with E-state index in [0.717, 1.165) is 24.1 Å². The summed E-state index contributed by atoms with van der Waals surface area (Å²) in [6.07, 6.45) is 6.31. The van der Waals surface area contributed by atoms with Crippen LogP contribution in [0.4, 0.5) is 11.5 Å². The zero-order valence-electron chi connectivity index (χ0n) is 18.9. The van der Waals surface area contributed by atoms with E-state index in [2.05, 4.69) is 37.7 Å². The van der Waals surface area contributed by atoms with Gasteiger partial charge in [-0.1, -0.05) is 0 Å². The van der Waals surface area contributed by atoms with Gasteiger partial charge in [-0.25, -0.2) is 4.98 Å². The molecule has 1 fully saturated rings. The molecule has 1 amide bonds. The number of amides is 1. The van der Waals surface area contributed by atoms with Crippen molar-refractivity contribution in [3.8, 4) is 23.3 Å². The summed E-state index contributed by atoms with van der Waals surface area (Å²) in [4.78, 5) is 26.0. The first-order valence-electron chi connectivity index (χ1n) is 10.8. The average Bonchev–Trinajstić information content (AvgIpc) is 3.67. The molecule has 0 radical (unpaired) electrons. The van der Waals surface area contributed by atoms with Gasteiger partial charge >= 0.3 is 0 Å². The van der Waals surface area contributed by atoms with Crippen LogP contribution in [0.2, 0.25) is 0 Å². The van der Waals surface area contributed by atoms with Gasteiger partial charge in [-0.05, 0) is 44.0 Å². The third kappa shape index (κ3) is 4.70. The Hall–Kier alpha value is -4.34. The molecule has 0 aliphatic heterocycles. The van der Waals surface area contributed by atoms with Crippen LogP contribution in [0.15, 0.2) is 42.9 Å². The molecule has 34 heavy (non-hydrogen) atoms. The van der Waals surface area contributed by atoms with Crippen molar-refractivity contribution in [1.82, 2.24) is 15.0 Å². The van der Waals surface area contributed by atoms with Gasteiger partial charge in [-0.3, -0.25) is 14.8 Å². The lowest BCUT2D eigenvalue weighted by Crippen LogP contribution is -2.15. The Kier molecular flexibility index (Phi) is 6.48. The normalized spacial score (nSPS) is 13.4. The van der Waals surface area contributed by atoms with Crippen molar-refractivity contribution in [2.75, 3.05) is 30.9 Å². The second kappa shape index (κ2) is 9.65.